The van der Waals surface area contributed by atoms with Crippen LogP contribution < -0.4 is 11.1 Å². The summed E-state index contributed by atoms with van der Waals surface area (Å²) in [6, 6.07) is 8.54. The molecule has 5 heteroatoms. The minimum Gasteiger partial charge on any atom is -0.383 e. The number of nitrogens with two attached hydrogens (primary N) is 1. The Morgan fingerprint density at radius 1 is 1.22 bits per heavy atom. The number of nitrogens with one attached hydrogen (secondary N) is 1. The number of anilines is 2. The van der Waals surface area contributed by atoms with Crippen LogP contribution in [0.2, 0.25) is 0 Å². The zero-order valence-electron chi connectivity index (χ0n) is 10.3. The fourth-order valence-electron chi connectivity index (χ4n) is 1.63. The van der Waals surface area contributed by atoms with Crippen molar-refractivity contribution >= 4 is 27.6 Å². The van der Waals surface area contributed by atoms with E-state index in [-0.39, 0.29) is 6.04 Å². The van der Waals surface area contributed by atoms with Crippen LogP contribution in [0.25, 0.3) is 0 Å². The van der Waals surface area contributed by atoms with Gasteiger partial charge in [-0.05, 0) is 35.3 Å². The van der Waals surface area contributed by atoms with Gasteiger partial charge >= 0.3 is 0 Å². The third kappa shape index (κ3) is 2.79. The average Bonchev–Trinajstić information content (AvgIpc) is 2.36. The van der Waals surface area contributed by atoms with Crippen molar-refractivity contribution in [3.05, 3.63) is 46.2 Å². The molecule has 0 aliphatic carbocycles. The first kappa shape index (κ1) is 12.8. The lowest BCUT2D eigenvalue weighted by Crippen LogP contribution is -2.09. The Labute approximate surface area is 115 Å². The van der Waals surface area contributed by atoms with Crippen LogP contribution in [0.3, 0.4) is 0 Å². The first-order valence-electron chi connectivity index (χ1n) is 5.67. The topological polar surface area (TPSA) is 63.8 Å². The van der Waals surface area contributed by atoms with Crippen LogP contribution in [0.5, 0.6) is 0 Å². The van der Waals surface area contributed by atoms with Gasteiger partial charge in [0.05, 0.1) is 0 Å². The molecule has 0 spiro atoms. The summed E-state index contributed by atoms with van der Waals surface area (Å²) < 4.78 is 0.698. The number of nitrogens with zero attached hydrogens (tertiary/aromatic N) is 2. The van der Waals surface area contributed by atoms with Gasteiger partial charge in [-0.15, -0.1) is 0 Å². The van der Waals surface area contributed by atoms with Crippen molar-refractivity contribution in [2.45, 2.75) is 19.9 Å². The summed E-state index contributed by atoms with van der Waals surface area (Å²) in [5, 5.41) is 3.31. The monoisotopic (exact) mass is 306 g/mol. The number of hydrogen-bond donors (Lipinski definition) is 2. The SMILES string of the molecule is Cc1ccc(C(C)Nc2ncnc(N)c2Br)cc1. The minimum atomic E-state index is 0.149. The Balaban J connectivity index is 2.18. The van der Waals surface area contributed by atoms with Crippen molar-refractivity contribution in [2.24, 2.45) is 0 Å². The number of nitrogen functional groups attached to an aromatic ring is 1. The molecule has 0 aliphatic heterocycles. The molecule has 0 bridgehead atoms. The molecule has 0 amide bonds. The third-order valence-electron chi connectivity index (χ3n) is 2.75. The molecule has 18 heavy (non-hydrogen) atoms. The van der Waals surface area contributed by atoms with Gasteiger partial charge in [0, 0.05) is 6.04 Å². The second-order valence-corrected chi connectivity index (χ2v) is 4.99. The van der Waals surface area contributed by atoms with Crippen molar-refractivity contribution in [1.82, 2.24) is 9.97 Å². The highest BCUT2D eigenvalue weighted by Gasteiger charge is 2.10. The van der Waals surface area contributed by atoms with Crippen LogP contribution in [0.4, 0.5) is 11.6 Å². The molecule has 1 unspecified atom stereocenters. The molecular weight excluding hydrogens is 292 g/mol. The maximum atomic E-state index is 5.72. The van der Waals surface area contributed by atoms with Gasteiger partial charge in [-0.2, -0.15) is 0 Å². The second kappa shape index (κ2) is 5.35. The molecular formula is C13H15BrN4. The second-order valence-electron chi connectivity index (χ2n) is 4.20. The molecule has 1 atom stereocenters. The van der Waals surface area contributed by atoms with Crippen LogP contribution >= 0.6 is 15.9 Å². The van der Waals surface area contributed by atoms with Gasteiger partial charge < -0.3 is 11.1 Å². The number of aryl methyl sites for hydroxylation is 1. The first-order chi connectivity index (χ1) is 8.58. The molecule has 0 saturated carbocycles. The van der Waals surface area contributed by atoms with E-state index < -0.39 is 0 Å². The summed E-state index contributed by atoms with van der Waals surface area (Å²) in [5.74, 6) is 1.14. The standard InChI is InChI=1S/C13H15BrN4/c1-8-3-5-10(6-4-8)9(2)18-13-11(14)12(15)16-7-17-13/h3-7,9H,1-2H3,(H3,15,16,17,18). The van der Waals surface area contributed by atoms with Crippen molar-refractivity contribution in [1.29, 1.82) is 0 Å². The normalized spacial score (nSPS) is 12.2. The van der Waals surface area contributed by atoms with E-state index >= 15 is 0 Å². The van der Waals surface area contributed by atoms with Crippen LogP contribution in [0, 0.1) is 6.92 Å². The molecule has 2 rings (SSSR count). The molecule has 0 aliphatic rings. The molecule has 3 N–H and O–H groups in total. The highest BCUT2D eigenvalue weighted by atomic mass is 79.9. The van der Waals surface area contributed by atoms with Crippen LogP contribution in [0.1, 0.15) is 24.1 Å². The summed E-state index contributed by atoms with van der Waals surface area (Å²) in [7, 11) is 0. The van der Waals surface area contributed by atoms with E-state index in [1.165, 1.54) is 17.5 Å². The minimum absolute atomic E-state index is 0.149. The summed E-state index contributed by atoms with van der Waals surface area (Å²) >= 11 is 3.38. The van der Waals surface area contributed by atoms with Gasteiger partial charge in [0.15, 0.2) is 0 Å². The van der Waals surface area contributed by atoms with E-state index in [2.05, 4.69) is 69.3 Å². The Morgan fingerprint density at radius 2 is 1.89 bits per heavy atom. The van der Waals surface area contributed by atoms with Crippen LogP contribution in [-0.4, -0.2) is 9.97 Å². The van der Waals surface area contributed by atoms with E-state index in [0.717, 1.165) is 0 Å². The summed E-state index contributed by atoms with van der Waals surface area (Å²) in [5.41, 5.74) is 8.16. The van der Waals surface area contributed by atoms with Gasteiger partial charge in [0.2, 0.25) is 0 Å². The third-order valence-corrected chi connectivity index (χ3v) is 3.53. The Hall–Kier alpha value is -1.62. The van der Waals surface area contributed by atoms with Crippen molar-refractivity contribution < 1.29 is 0 Å². The Bertz CT molecular complexity index is 539. The number of hydrogen-bond acceptors (Lipinski definition) is 4. The lowest BCUT2D eigenvalue weighted by molar-refractivity contribution is 0.869. The van der Waals surface area contributed by atoms with Gasteiger partial charge in [-0.25, -0.2) is 9.97 Å². The Morgan fingerprint density at radius 3 is 2.56 bits per heavy atom. The quantitative estimate of drug-likeness (QED) is 0.913. The number of rotatable bonds is 3. The van der Waals surface area contributed by atoms with Gasteiger partial charge in [-0.3, -0.25) is 0 Å². The number of benzene rings is 1. The fourth-order valence-corrected chi connectivity index (χ4v) is 1.95. The molecule has 0 saturated heterocycles. The first-order valence-corrected chi connectivity index (χ1v) is 6.46. The smallest absolute Gasteiger partial charge is 0.146 e. The molecule has 94 valence electrons. The van der Waals surface area contributed by atoms with Crippen molar-refractivity contribution in [3.8, 4) is 0 Å². The van der Waals surface area contributed by atoms with Gasteiger partial charge in [-0.1, -0.05) is 29.8 Å². The predicted octanol–water partition coefficient (Wildman–Crippen LogP) is 3.30. The maximum Gasteiger partial charge on any atom is 0.146 e. The van der Waals surface area contributed by atoms with E-state index in [1.807, 2.05) is 0 Å². The zero-order chi connectivity index (χ0) is 13.1. The highest BCUT2D eigenvalue weighted by molar-refractivity contribution is 9.10. The number of aromatic nitrogens is 2. The molecule has 0 fully saturated rings. The molecule has 1 aromatic heterocycles. The molecule has 0 radical (unpaired) electrons. The molecule has 2 aromatic rings. The lowest BCUT2D eigenvalue weighted by atomic mass is 10.1. The Kier molecular flexibility index (Phi) is 3.81. The fraction of sp³-hybridized carbons (Fsp3) is 0.231. The summed E-state index contributed by atoms with van der Waals surface area (Å²) in [4.78, 5) is 8.08. The summed E-state index contributed by atoms with van der Waals surface area (Å²) in [6.45, 7) is 4.15. The van der Waals surface area contributed by atoms with Crippen molar-refractivity contribution in [3.63, 3.8) is 0 Å². The highest BCUT2D eigenvalue weighted by Crippen LogP contribution is 2.27. The van der Waals surface area contributed by atoms with E-state index in [9.17, 15) is 0 Å². The molecule has 4 nitrogen and oxygen atoms in total. The van der Waals surface area contributed by atoms with Crippen LogP contribution in [-0.2, 0) is 0 Å². The maximum absolute atomic E-state index is 5.72. The van der Waals surface area contributed by atoms with Gasteiger partial charge in [0.25, 0.3) is 0 Å². The molecule has 1 aromatic carbocycles. The molecule has 1 heterocycles. The average molecular weight is 307 g/mol. The largest absolute Gasteiger partial charge is 0.383 e. The van der Waals surface area contributed by atoms with E-state index in [0.29, 0.717) is 16.1 Å². The van der Waals surface area contributed by atoms with Crippen molar-refractivity contribution in [2.75, 3.05) is 11.1 Å². The van der Waals surface area contributed by atoms with Crippen LogP contribution in [0.15, 0.2) is 35.1 Å². The number of halogens is 1. The predicted molar refractivity (Wildman–Crippen MR) is 77.4 cm³/mol. The zero-order valence-corrected chi connectivity index (χ0v) is 11.9. The van der Waals surface area contributed by atoms with E-state index in [1.54, 1.807) is 0 Å². The lowest BCUT2D eigenvalue weighted by Gasteiger charge is -2.16. The summed E-state index contributed by atoms with van der Waals surface area (Å²) in [6.07, 6.45) is 1.45. The van der Waals surface area contributed by atoms with E-state index in [4.69, 9.17) is 5.73 Å². The van der Waals surface area contributed by atoms with Gasteiger partial charge in [0.1, 0.15) is 22.4 Å².